The molecule has 5 aromatic rings. The molecular formula is C26H22FN5O3. The van der Waals surface area contributed by atoms with Gasteiger partial charge in [0.2, 0.25) is 11.7 Å². The van der Waals surface area contributed by atoms with Crippen molar-refractivity contribution in [3.8, 4) is 5.75 Å². The van der Waals surface area contributed by atoms with Gasteiger partial charge in [-0.1, -0.05) is 30.3 Å². The van der Waals surface area contributed by atoms with Crippen LogP contribution in [0.15, 0.2) is 77.6 Å². The molecule has 0 spiro atoms. The number of nitrogens with one attached hydrogen (secondary N) is 1. The summed E-state index contributed by atoms with van der Waals surface area (Å²) in [5.74, 6) is 1.05. The van der Waals surface area contributed by atoms with Crippen LogP contribution in [0.3, 0.4) is 0 Å². The Kier molecular flexibility index (Phi) is 5.97. The monoisotopic (exact) mass is 471 g/mol. The number of carbonyl (C=O) groups excluding carboxylic acids is 1. The second-order valence-electron chi connectivity index (χ2n) is 8.07. The van der Waals surface area contributed by atoms with Crippen LogP contribution in [0.5, 0.6) is 5.75 Å². The van der Waals surface area contributed by atoms with Crippen LogP contribution in [0.4, 0.5) is 10.1 Å². The molecule has 8 nitrogen and oxygen atoms in total. The first-order chi connectivity index (χ1) is 17.0. The molecule has 3 aromatic carbocycles. The van der Waals surface area contributed by atoms with E-state index in [1.165, 1.54) is 16.7 Å². The highest BCUT2D eigenvalue weighted by Gasteiger charge is 2.17. The number of aryl methyl sites for hydroxylation is 1. The molecule has 1 N–H and O–H groups in total. The summed E-state index contributed by atoms with van der Waals surface area (Å²) in [4.78, 5) is 25.9. The van der Waals surface area contributed by atoms with E-state index in [0.717, 1.165) is 5.56 Å². The number of para-hydroxylation sites is 1. The molecule has 9 heteroatoms. The Morgan fingerprint density at radius 2 is 1.83 bits per heavy atom. The van der Waals surface area contributed by atoms with E-state index in [1.54, 1.807) is 60.0 Å². The molecule has 35 heavy (non-hydrogen) atoms. The zero-order valence-electron chi connectivity index (χ0n) is 18.9. The maximum absolute atomic E-state index is 13.4. The Morgan fingerprint density at radius 3 is 2.63 bits per heavy atom. The fourth-order valence-corrected chi connectivity index (χ4v) is 4.04. The van der Waals surface area contributed by atoms with Crippen molar-refractivity contribution in [2.24, 2.45) is 0 Å². The molecule has 1 amide bonds. The van der Waals surface area contributed by atoms with Crippen molar-refractivity contribution < 1.29 is 13.9 Å². The fourth-order valence-electron chi connectivity index (χ4n) is 4.04. The van der Waals surface area contributed by atoms with Crippen LogP contribution in [-0.2, 0) is 17.8 Å². The highest BCUT2D eigenvalue weighted by molar-refractivity contribution is 5.91. The number of anilines is 1. The van der Waals surface area contributed by atoms with Gasteiger partial charge in [-0.15, -0.1) is 10.2 Å². The summed E-state index contributed by atoms with van der Waals surface area (Å²) in [6.45, 7) is 0.210. The molecule has 0 aliphatic rings. The molecular weight excluding hydrogens is 449 g/mol. The van der Waals surface area contributed by atoms with Crippen molar-refractivity contribution in [2.75, 3.05) is 12.4 Å². The molecule has 0 saturated carbocycles. The highest BCUT2D eigenvalue weighted by atomic mass is 19.1. The smallest absolute Gasteiger partial charge is 0.263 e. The number of halogens is 1. The van der Waals surface area contributed by atoms with Gasteiger partial charge >= 0.3 is 0 Å². The van der Waals surface area contributed by atoms with Crippen molar-refractivity contribution in [1.82, 2.24) is 19.2 Å². The molecule has 0 saturated heterocycles. The lowest BCUT2D eigenvalue weighted by Gasteiger charge is -2.12. The van der Waals surface area contributed by atoms with Crippen molar-refractivity contribution in [1.29, 1.82) is 0 Å². The lowest BCUT2D eigenvalue weighted by Crippen LogP contribution is -2.24. The van der Waals surface area contributed by atoms with Crippen molar-refractivity contribution in [3.05, 3.63) is 100 Å². The molecule has 2 heterocycles. The lowest BCUT2D eigenvalue weighted by molar-refractivity contribution is -0.116. The molecule has 0 aliphatic heterocycles. The number of benzene rings is 3. The van der Waals surface area contributed by atoms with Crippen LogP contribution in [0.1, 0.15) is 17.8 Å². The predicted octanol–water partition coefficient (Wildman–Crippen LogP) is 3.81. The van der Waals surface area contributed by atoms with Gasteiger partial charge in [0.15, 0.2) is 0 Å². The first-order valence-electron chi connectivity index (χ1n) is 11.1. The molecule has 0 radical (unpaired) electrons. The first kappa shape index (κ1) is 22.3. The maximum atomic E-state index is 13.4. The Hall–Kier alpha value is -4.53. The van der Waals surface area contributed by atoms with Crippen LogP contribution in [0.2, 0.25) is 0 Å². The summed E-state index contributed by atoms with van der Waals surface area (Å²) in [5.41, 5.74) is 1.84. The summed E-state index contributed by atoms with van der Waals surface area (Å²) in [6.07, 6.45) is 0.485. The number of ether oxygens (including phenoxy) is 1. The van der Waals surface area contributed by atoms with E-state index in [2.05, 4.69) is 15.5 Å². The SMILES string of the molecule is COc1cccc(NC(=O)CCc2nnc3n(Cc4ccc(F)cc4)c(=O)c4ccccc4n23)c1. The van der Waals surface area contributed by atoms with Gasteiger partial charge in [0, 0.05) is 24.6 Å². The predicted molar refractivity (Wildman–Crippen MR) is 130 cm³/mol. The van der Waals surface area contributed by atoms with E-state index >= 15 is 0 Å². The number of methoxy groups -OCH3 is 1. The number of amides is 1. The second-order valence-corrected chi connectivity index (χ2v) is 8.07. The number of carbonyl (C=O) groups is 1. The van der Waals surface area contributed by atoms with E-state index in [1.807, 2.05) is 12.1 Å². The molecule has 0 unspecified atom stereocenters. The van der Waals surface area contributed by atoms with E-state index in [-0.39, 0.29) is 30.2 Å². The third kappa shape index (κ3) is 4.48. The third-order valence-electron chi connectivity index (χ3n) is 5.76. The normalized spacial score (nSPS) is 11.1. The minimum atomic E-state index is -0.346. The molecule has 0 fully saturated rings. The van der Waals surface area contributed by atoms with Crippen molar-refractivity contribution >= 4 is 28.3 Å². The maximum Gasteiger partial charge on any atom is 0.263 e. The zero-order chi connectivity index (χ0) is 24.4. The summed E-state index contributed by atoms with van der Waals surface area (Å²) < 4.78 is 21.9. The summed E-state index contributed by atoms with van der Waals surface area (Å²) in [5, 5.41) is 11.9. The number of aromatic nitrogens is 4. The molecule has 0 aliphatic carbocycles. The molecule has 176 valence electrons. The van der Waals surface area contributed by atoms with Crippen LogP contribution >= 0.6 is 0 Å². The van der Waals surface area contributed by atoms with Crippen LogP contribution in [0.25, 0.3) is 16.7 Å². The fraction of sp³-hybridized carbons (Fsp3) is 0.154. The number of fused-ring (bicyclic) bond motifs is 3. The Morgan fingerprint density at radius 1 is 1.03 bits per heavy atom. The second kappa shape index (κ2) is 9.38. The van der Waals surface area contributed by atoms with Gasteiger partial charge in [-0.25, -0.2) is 4.39 Å². The van der Waals surface area contributed by atoms with Gasteiger partial charge in [0.05, 0.1) is 24.6 Å². The van der Waals surface area contributed by atoms with Gasteiger partial charge in [0.1, 0.15) is 17.4 Å². The number of rotatable bonds is 7. The Balaban J connectivity index is 1.47. The van der Waals surface area contributed by atoms with E-state index < -0.39 is 0 Å². The van der Waals surface area contributed by atoms with Crippen LogP contribution < -0.4 is 15.6 Å². The van der Waals surface area contributed by atoms with Gasteiger partial charge in [-0.2, -0.15) is 0 Å². The number of hydrogen-bond donors (Lipinski definition) is 1. The minimum absolute atomic E-state index is 0.170. The molecule has 0 bridgehead atoms. The van der Waals surface area contributed by atoms with Gasteiger partial charge in [-0.05, 0) is 42.0 Å². The molecule has 2 aromatic heterocycles. The molecule has 0 atom stereocenters. The topological polar surface area (TPSA) is 90.5 Å². The van der Waals surface area contributed by atoms with Gasteiger partial charge < -0.3 is 10.1 Å². The summed E-state index contributed by atoms with van der Waals surface area (Å²) >= 11 is 0. The van der Waals surface area contributed by atoms with Crippen molar-refractivity contribution in [2.45, 2.75) is 19.4 Å². The largest absolute Gasteiger partial charge is 0.497 e. The van der Waals surface area contributed by atoms with Gasteiger partial charge in [-0.3, -0.25) is 18.6 Å². The average molecular weight is 471 g/mol. The number of nitrogens with zero attached hydrogens (tertiary/aromatic N) is 4. The average Bonchev–Trinajstić information content (AvgIpc) is 3.30. The summed E-state index contributed by atoms with van der Waals surface area (Å²) in [6, 6.07) is 20.3. The lowest BCUT2D eigenvalue weighted by atomic mass is 10.2. The number of hydrogen-bond acceptors (Lipinski definition) is 5. The van der Waals surface area contributed by atoms with Crippen molar-refractivity contribution in [3.63, 3.8) is 0 Å². The zero-order valence-corrected chi connectivity index (χ0v) is 18.9. The van der Waals surface area contributed by atoms with Gasteiger partial charge in [0.25, 0.3) is 5.56 Å². The third-order valence-corrected chi connectivity index (χ3v) is 5.76. The Bertz CT molecular complexity index is 1590. The first-order valence-corrected chi connectivity index (χ1v) is 11.1. The highest BCUT2D eigenvalue weighted by Crippen LogP contribution is 2.19. The Labute approximate surface area is 199 Å². The summed E-state index contributed by atoms with van der Waals surface area (Å²) in [7, 11) is 1.57. The van der Waals surface area contributed by atoms with Crippen LogP contribution in [-0.4, -0.2) is 32.2 Å². The standard InChI is InChI=1S/C26H22FN5O3/c1-35-20-6-4-5-19(15-20)28-24(33)14-13-23-29-30-26-31(16-17-9-11-18(27)12-10-17)25(34)21-7-2-3-8-22(21)32(23)26/h2-12,15H,13-14,16H2,1H3,(H,28,33). The van der Waals surface area contributed by atoms with E-state index in [9.17, 15) is 14.0 Å². The van der Waals surface area contributed by atoms with E-state index in [0.29, 0.717) is 40.4 Å². The van der Waals surface area contributed by atoms with Crippen LogP contribution in [0, 0.1) is 5.82 Å². The quantitative estimate of drug-likeness (QED) is 0.390. The molecule has 5 rings (SSSR count). The minimum Gasteiger partial charge on any atom is -0.497 e. The van der Waals surface area contributed by atoms with E-state index in [4.69, 9.17) is 4.74 Å².